The Hall–Kier alpha value is -0.770. The number of ether oxygens (including phenoxy) is 1. The number of nitrogens with two attached hydrogens (primary N) is 1. The van der Waals surface area contributed by atoms with Gasteiger partial charge < -0.3 is 15.6 Å². The first kappa shape index (κ1) is 10.3. The molecule has 4 heteroatoms. The van der Waals surface area contributed by atoms with Crippen molar-refractivity contribution in [1.29, 1.82) is 0 Å². The van der Waals surface area contributed by atoms with Gasteiger partial charge in [-0.15, -0.1) is 0 Å². The van der Waals surface area contributed by atoms with Gasteiger partial charge in [-0.3, -0.25) is 0 Å². The molecule has 72 valence electrons. The molecule has 1 aromatic rings. The predicted molar refractivity (Wildman–Crippen MR) is 52.0 cm³/mol. The van der Waals surface area contributed by atoms with E-state index in [1.54, 1.807) is 25.3 Å². The molecular weight excluding hydrogens is 190 g/mol. The first-order valence-corrected chi connectivity index (χ1v) is 4.28. The van der Waals surface area contributed by atoms with Crippen molar-refractivity contribution in [1.82, 2.24) is 0 Å². The molecule has 0 aliphatic rings. The molecule has 0 amide bonds. The van der Waals surface area contributed by atoms with E-state index in [0.717, 1.165) is 0 Å². The standard InChI is InChI=1S/C9H12ClNO2/c1-13-6-2-3-7(8(10)4-6)9(12)5-11/h2-4,9,12H,5,11H2,1H3. The molecule has 0 bridgehead atoms. The fourth-order valence-electron chi connectivity index (χ4n) is 1.03. The summed E-state index contributed by atoms with van der Waals surface area (Å²) in [6.45, 7) is 0.159. The van der Waals surface area contributed by atoms with Gasteiger partial charge in [0.25, 0.3) is 0 Å². The number of halogens is 1. The second kappa shape index (κ2) is 4.46. The van der Waals surface area contributed by atoms with Crippen LogP contribution in [-0.2, 0) is 0 Å². The van der Waals surface area contributed by atoms with Gasteiger partial charge in [0.2, 0.25) is 0 Å². The lowest BCUT2D eigenvalue weighted by Crippen LogP contribution is -2.11. The highest BCUT2D eigenvalue weighted by Crippen LogP contribution is 2.26. The van der Waals surface area contributed by atoms with Crippen molar-refractivity contribution < 1.29 is 9.84 Å². The number of rotatable bonds is 3. The largest absolute Gasteiger partial charge is 0.497 e. The third-order valence-electron chi connectivity index (χ3n) is 1.79. The molecule has 3 N–H and O–H groups in total. The average Bonchev–Trinajstić information content (AvgIpc) is 2.16. The summed E-state index contributed by atoms with van der Waals surface area (Å²) in [5.74, 6) is 0.665. The second-order valence-corrected chi connectivity index (χ2v) is 3.05. The van der Waals surface area contributed by atoms with Gasteiger partial charge in [0.15, 0.2) is 0 Å². The lowest BCUT2D eigenvalue weighted by Gasteiger charge is -2.10. The van der Waals surface area contributed by atoms with Crippen molar-refractivity contribution in [2.24, 2.45) is 5.73 Å². The van der Waals surface area contributed by atoms with Crippen LogP contribution in [-0.4, -0.2) is 18.8 Å². The van der Waals surface area contributed by atoms with Crippen molar-refractivity contribution in [2.75, 3.05) is 13.7 Å². The fraction of sp³-hybridized carbons (Fsp3) is 0.333. The van der Waals surface area contributed by atoms with Gasteiger partial charge in [-0.2, -0.15) is 0 Å². The van der Waals surface area contributed by atoms with Gasteiger partial charge in [-0.05, 0) is 12.1 Å². The van der Waals surface area contributed by atoms with E-state index in [0.29, 0.717) is 16.3 Å². The van der Waals surface area contributed by atoms with Crippen LogP contribution >= 0.6 is 11.6 Å². The Bertz CT molecular complexity index is 291. The van der Waals surface area contributed by atoms with Crippen LogP contribution < -0.4 is 10.5 Å². The number of aliphatic hydroxyl groups excluding tert-OH is 1. The molecule has 13 heavy (non-hydrogen) atoms. The smallest absolute Gasteiger partial charge is 0.120 e. The van der Waals surface area contributed by atoms with Crippen LogP contribution in [0, 0.1) is 0 Å². The van der Waals surface area contributed by atoms with Gasteiger partial charge in [0, 0.05) is 12.1 Å². The molecule has 1 atom stereocenters. The van der Waals surface area contributed by atoms with Crippen molar-refractivity contribution in [3.63, 3.8) is 0 Å². The first-order chi connectivity index (χ1) is 6.19. The summed E-state index contributed by atoms with van der Waals surface area (Å²) in [5.41, 5.74) is 5.93. The maximum absolute atomic E-state index is 9.42. The molecule has 1 rings (SSSR count). The minimum absolute atomic E-state index is 0.159. The third-order valence-corrected chi connectivity index (χ3v) is 2.12. The zero-order chi connectivity index (χ0) is 9.84. The van der Waals surface area contributed by atoms with Crippen molar-refractivity contribution in [3.8, 4) is 5.75 Å². The van der Waals surface area contributed by atoms with E-state index in [9.17, 15) is 5.11 Å². The van der Waals surface area contributed by atoms with Gasteiger partial charge in [0.1, 0.15) is 5.75 Å². The van der Waals surface area contributed by atoms with E-state index in [4.69, 9.17) is 22.1 Å². The molecule has 0 saturated carbocycles. The van der Waals surface area contributed by atoms with Crippen LogP contribution in [0.25, 0.3) is 0 Å². The van der Waals surface area contributed by atoms with Crippen molar-refractivity contribution in [3.05, 3.63) is 28.8 Å². The molecule has 0 radical (unpaired) electrons. The molecule has 1 aromatic carbocycles. The molecular formula is C9H12ClNO2. The maximum atomic E-state index is 9.42. The summed E-state index contributed by atoms with van der Waals surface area (Å²) < 4.78 is 4.97. The molecule has 0 aliphatic carbocycles. The Kier molecular flexibility index (Phi) is 3.54. The number of methoxy groups -OCH3 is 1. The lowest BCUT2D eigenvalue weighted by atomic mass is 10.1. The molecule has 0 aromatic heterocycles. The Morgan fingerprint density at radius 2 is 2.31 bits per heavy atom. The van der Waals surface area contributed by atoms with E-state index in [1.165, 1.54) is 0 Å². The molecule has 3 nitrogen and oxygen atoms in total. The highest BCUT2D eigenvalue weighted by atomic mass is 35.5. The summed E-state index contributed by atoms with van der Waals surface area (Å²) in [7, 11) is 1.56. The van der Waals surface area contributed by atoms with Crippen LogP contribution in [0.2, 0.25) is 5.02 Å². The van der Waals surface area contributed by atoms with Crippen LogP contribution in [0.4, 0.5) is 0 Å². The SMILES string of the molecule is COc1ccc(C(O)CN)c(Cl)c1. The molecule has 0 saturated heterocycles. The van der Waals surface area contributed by atoms with Gasteiger partial charge in [0.05, 0.1) is 18.2 Å². The van der Waals surface area contributed by atoms with Crippen molar-refractivity contribution in [2.45, 2.75) is 6.10 Å². The highest BCUT2D eigenvalue weighted by molar-refractivity contribution is 6.31. The first-order valence-electron chi connectivity index (χ1n) is 3.90. The number of hydrogen-bond acceptors (Lipinski definition) is 3. The molecule has 0 fully saturated rings. The number of hydrogen-bond donors (Lipinski definition) is 2. The molecule has 0 spiro atoms. The minimum Gasteiger partial charge on any atom is -0.497 e. The van der Waals surface area contributed by atoms with E-state index < -0.39 is 6.10 Å². The van der Waals surface area contributed by atoms with Gasteiger partial charge >= 0.3 is 0 Å². The van der Waals surface area contributed by atoms with Gasteiger partial charge in [-0.1, -0.05) is 17.7 Å². The average molecular weight is 202 g/mol. The van der Waals surface area contributed by atoms with Gasteiger partial charge in [-0.25, -0.2) is 0 Å². The normalized spacial score (nSPS) is 12.6. The molecule has 0 heterocycles. The van der Waals surface area contributed by atoms with E-state index in [-0.39, 0.29) is 6.54 Å². The second-order valence-electron chi connectivity index (χ2n) is 2.64. The summed E-state index contributed by atoms with van der Waals surface area (Å²) in [6, 6.07) is 5.09. The topological polar surface area (TPSA) is 55.5 Å². The molecule has 0 aliphatic heterocycles. The Morgan fingerprint density at radius 3 is 2.77 bits per heavy atom. The zero-order valence-electron chi connectivity index (χ0n) is 7.33. The van der Waals surface area contributed by atoms with Crippen LogP contribution in [0.5, 0.6) is 5.75 Å². The monoisotopic (exact) mass is 201 g/mol. The van der Waals surface area contributed by atoms with Crippen LogP contribution in [0.15, 0.2) is 18.2 Å². The Labute approximate surface area is 82.1 Å². The van der Waals surface area contributed by atoms with E-state index in [2.05, 4.69) is 0 Å². The Balaban J connectivity index is 2.98. The Morgan fingerprint density at radius 1 is 1.62 bits per heavy atom. The summed E-state index contributed by atoms with van der Waals surface area (Å²) in [4.78, 5) is 0. The number of aliphatic hydroxyl groups is 1. The number of benzene rings is 1. The summed E-state index contributed by atoms with van der Waals surface area (Å²) >= 11 is 5.89. The summed E-state index contributed by atoms with van der Waals surface area (Å²) in [6.07, 6.45) is -0.710. The lowest BCUT2D eigenvalue weighted by molar-refractivity contribution is 0.187. The maximum Gasteiger partial charge on any atom is 0.120 e. The highest BCUT2D eigenvalue weighted by Gasteiger charge is 2.09. The summed E-state index contributed by atoms with van der Waals surface area (Å²) in [5, 5.41) is 9.89. The van der Waals surface area contributed by atoms with Crippen molar-refractivity contribution >= 4 is 11.6 Å². The minimum atomic E-state index is -0.710. The van der Waals surface area contributed by atoms with Crippen LogP contribution in [0.3, 0.4) is 0 Å². The van der Waals surface area contributed by atoms with Crippen LogP contribution in [0.1, 0.15) is 11.7 Å². The predicted octanol–water partition coefficient (Wildman–Crippen LogP) is 1.34. The van der Waals surface area contributed by atoms with E-state index >= 15 is 0 Å². The zero-order valence-corrected chi connectivity index (χ0v) is 8.08. The quantitative estimate of drug-likeness (QED) is 0.776. The third kappa shape index (κ3) is 2.34. The van der Waals surface area contributed by atoms with E-state index in [1.807, 2.05) is 0 Å². The fourth-order valence-corrected chi connectivity index (χ4v) is 1.33. The molecule has 1 unspecified atom stereocenters.